The number of hydrogen-bond acceptors (Lipinski definition) is 3. The number of primary amides is 1. The molecule has 0 saturated heterocycles. The number of carbonyl (C=O) groups excluding carboxylic acids is 1. The molecule has 0 fully saturated rings. The molecule has 0 aromatic carbocycles. The number of aliphatic hydroxyl groups is 1. The van der Waals surface area contributed by atoms with Crippen LogP contribution in [0.4, 0.5) is 0 Å². The molecule has 0 bridgehead atoms. The smallest absolute Gasteiger partial charge is 0.220 e. The summed E-state index contributed by atoms with van der Waals surface area (Å²) in [6, 6.07) is 0. The van der Waals surface area contributed by atoms with Gasteiger partial charge in [0, 0.05) is 28.2 Å². The lowest BCUT2D eigenvalue weighted by atomic mass is 9.95. The first-order valence-electron chi connectivity index (χ1n) is 8.71. The van der Waals surface area contributed by atoms with E-state index in [0.29, 0.717) is 19.3 Å². The molecule has 0 radical (unpaired) electrons. The second-order valence-corrected chi connectivity index (χ2v) is 7.97. The Bertz CT molecular complexity index is 323. The molecule has 4 unspecified atom stereocenters. The summed E-state index contributed by atoms with van der Waals surface area (Å²) in [6.45, 7) is 4.10. The first-order chi connectivity index (χ1) is 10.4. The largest absolute Gasteiger partial charge is 0.393 e. The second kappa shape index (κ2) is 13.1. The third kappa shape index (κ3) is 10.3. The lowest BCUT2D eigenvalue weighted by Crippen LogP contribution is -2.29. The molecule has 4 nitrogen and oxygen atoms in total. The summed E-state index contributed by atoms with van der Waals surface area (Å²) < 4.78 is 11.8. The van der Waals surface area contributed by atoms with Gasteiger partial charge in [0.25, 0.3) is 0 Å². The van der Waals surface area contributed by atoms with Gasteiger partial charge in [0.2, 0.25) is 5.91 Å². The van der Waals surface area contributed by atoms with Crippen LogP contribution in [0.3, 0.4) is 0 Å². The highest BCUT2D eigenvalue weighted by Crippen LogP contribution is 2.19. The van der Waals surface area contributed by atoms with Crippen molar-refractivity contribution in [2.75, 3.05) is 6.26 Å². The predicted octanol–water partition coefficient (Wildman–Crippen LogP) is 3.14. The van der Waals surface area contributed by atoms with Crippen LogP contribution in [0.2, 0.25) is 0 Å². The zero-order valence-electron chi connectivity index (χ0n) is 14.6. The molecule has 0 aromatic rings. The molecule has 0 spiro atoms. The maximum atomic E-state index is 11.8. The summed E-state index contributed by atoms with van der Waals surface area (Å²) in [7, 11) is -0.936. The van der Waals surface area contributed by atoms with Crippen molar-refractivity contribution in [1.29, 1.82) is 0 Å². The molecular formula is C17H35NO3S. The zero-order chi connectivity index (χ0) is 17.0. The van der Waals surface area contributed by atoms with Crippen molar-refractivity contribution in [3.8, 4) is 0 Å². The van der Waals surface area contributed by atoms with Gasteiger partial charge in [-0.05, 0) is 25.7 Å². The minimum atomic E-state index is -0.936. The maximum absolute atomic E-state index is 11.8. The van der Waals surface area contributed by atoms with Gasteiger partial charge in [-0.3, -0.25) is 9.00 Å². The van der Waals surface area contributed by atoms with Gasteiger partial charge in [-0.1, -0.05) is 52.4 Å². The SMILES string of the molecule is CCCCCCCCC(CC(O)CC(CC)C(N)=O)S(C)=O. The third-order valence-corrected chi connectivity index (χ3v) is 5.70. The minimum absolute atomic E-state index is 0.0200. The Morgan fingerprint density at radius 2 is 1.68 bits per heavy atom. The Labute approximate surface area is 138 Å². The molecule has 1 amide bonds. The van der Waals surface area contributed by atoms with E-state index < -0.39 is 16.9 Å². The number of amides is 1. The van der Waals surface area contributed by atoms with Crippen LogP contribution in [-0.4, -0.2) is 32.8 Å². The minimum Gasteiger partial charge on any atom is -0.393 e. The average Bonchev–Trinajstić information content (AvgIpc) is 2.46. The highest BCUT2D eigenvalue weighted by molar-refractivity contribution is 7.84. The standard InChI is InChI=1S/C17H35NO3S/c1-4-6-7-8-9-10-11-16(22(3)21)13-15(19)12-14(5-2)17(18)20/h14-16,19H,4-13H2,1-3H3,(H2,18,20). The van der Waals surface area contributed by atoms with E-state index >= 15 is 0 Å². The van der Waals surface area contributed by atoms with Gasteiger partial charge >= 0.3 is 0 Å². The van der Waals surface area contributed by atoms with E-state index in [-0.39, 0.29) is 17.1 Å². The highest BCUT2D eigenvalue weighted by Gasteiger charge is 2.22. The van der Waals surface area contributed by atoms with Crippen molar-refractivity contribution in [3.05, 3.63) is 0 Å². The third-order valence-electron chi connectivity index (χ3n) is 4.34. The number of aliphatic hydroxyl groups excluding tert-OH is 1. The normalized spacial score (nSPS) is 16.9. The van der Waals surface area contributed by atoms with E-state index in [1.54, 1.807) is 6.26 Å². The molecule has 132 valence electrons. The van der Waals surface area contributed by atoms with Crippen LogP contribution in [0, 0.1) is 5.92 Å². The van der Waals surface area contributed by atoms with Gasteiger partial charge in [0.05, 0.1) is 6.10 Å². The summed E-state index contributed by atoms with van der Waals surface area (Å²) >= 11 is 0. The van der Waals surface area contributed by atoms with Crippen LogP contribution >= 0.6 is 0 Å². The molecule has 0 aliphatic carbocycles. The van der Waals surface area contributed by atoms with Crippen LogP contribution < -0.4 is 5.73 Å². The molecule has 0 saturated carbocycles. The van der Waals surface area contributed by atoms with Gasteiger partial charge in [-0.15, -0.1) is 0 Å². The van der Waals surface area contributed by atoms with E-state index in [1.807, 2.05) is 6.92 Å². The molecular weight excluding hydrogens is 298 g/mol. The fraction of sp³-hybridized carbons (Fsp3) is 0.941. The van der Waals surface area contributed by atoms with Gasteiger partial charge in [-0.25, -0.2) is 0 Å². The van der Waals surface area contributed by atoms with Crippen LogP contribution in [0.1, 0.15) is 78.1 Å². The molecule has 5 heteroatoms. The zero-order valence-corrected chi connectivity index (χ0v) is 15.4. The molecule has 0 aromatic heterocycles. The Hall–Kier alpha value is -0.420. The molecule has 0 aliphatic heterocycles. The molecule has 4 atom stereocenters. The van der Waals surface area contributed by atoms with Crippen molar-refractivity contribution in [2.45, 2.75) is 89.4 Å². The molecule has 0 heterocycles. The molecule has 22 heavy (non-hydrogen) atoms. The quantitative estimate of drug-likeness (QED) is 0.479. The van der Waals surface area contributed by atoms with E-state index in [4.69, 9.17) is 5.73 Å². The number of rotatable bonds is 14. The second-order valence-electron chi connectivity index (χ2n) is 6.31. The van der Waals surface area contributed by atoms with Crippen molar-refractivity contribution >= 4 is 16.7 Å². The van der Waals surface area contributed by atoms with Crippen LogP contribution in [-0.2, 0) is 15.6 Å². The van der Waals surface area contributed by atoms with E-state index in [1.165, 1.54) is 32.1 Å². The van der Waals surface area contributed by atoms with Crippen LogP contribution in [0.15, 0.2) is 0 Å². The number of carbonyl (C=O) groups is 1. The Morgan fingerprint density at radius 1 is 1.09 bits per heavy atom. The van der Waals surface area contributed by atoms with E-state index in [0.717, 1.165) is 12.8 Å². The summed E-state index contributed by atoms with van der Waals surface area (Å²) in [6.07, 6.45) is 10.8. The van der Waals surface area contributed by atoms with Crippen molar-refractivity contribution < 1.29 is 14.1 Å². The van der Waals surface area contributed by atoms with E-state index in [9.17, 15) is 14.1 Å². The lowest BCUT2D eigenvalue weighted by molar-refractivity contribution is -0.122. The van der Waals surface area contributed by atoms with Crippen molar-refractivity contribution in [2.24, 2.45) is 11.7 Å². The van der Waals surface area contributed by atoms with Crippen molar-refractivity contribution in [1.82, 2.24) is 0 Å². The first kappa shape index (κ1) is 21.6. The summed E-state index contributed by atoms with van der Waals surface area (Å²) in [5.74, 6) is -0.637. The Morgan fingerprint density at radius 3 is 2.18 bits per heavy atom. The maximum Gasteiger partial charge on any atom is 0.220 e. The van der Waals surface area contributed by atoms with Crippen LogP contribution in [0.5, 0.6) is 0 Å². The number of hydrogen-bond donors (Lipinski definition) is 2. The average molecular weight is 334 g/mol. The highest BCUT2D eigenvalue weighted by atomic mass is 32.2. The van der Waals surface area contributed by atoms with Gasteiger partial charge < -0.3 is 10.8 Å². The van der Waals surface area contributed by atoms with Crippen molar-refractivity contribution in [3.63, 3.8) is 0 Å². The summed E-state index contributed by atoms with van der Waals surface area (Å²) in [5, 5.41) is 10.2. The number of nitrogens with two attached hydrogens (primary N) is 1. The van der Waals surface area contributed by atoms with Gasteiger partial charge in [-0.2, -0.15) is 0 Å². The fourth-order valence-corrected chi connectivity index (χ4v) is 3.78. The van der Waals surface area contributed by atoms with Gasteiger partial charge in [0.15, 0.2) is 0 Å². The van der Waals surface area contributed by atoms with Gasteiger partial charge in [0.1, 0.15) is 0 Å². The lowest BCUT2D eigenvalue weighted by Gasteiger charge is -2.21. The van der Waals surface area contributed by atoms with E-state index in [2.05, 4.69) is 6.92 Å². The number of unbranched alkanes of at least 4 members (excludes halogenated alkanes) is 5. The molecule has 3 N–H and O–H groups in total. The van der Waals surface area contributed by atoms with Crippen LogP contribution in [0.25, 0.3) is 0 Å². The summed E-state index contributed by atoms with van der Waals surface area (Å²) in [4.78, 5) is 11.2. The fourth-order valence-electron chi connectivity index (χ4n) is 2.78. The first-order valence-corrected chi connectivity index (χ1v) is 10.3. The predicted molar refractivity (Wildman–Crippen MR) is 94.1 cm³/mol. The molecule has 0 aliphatic rings. The topological polar surface area (TPSA) is 80.4 Å². The Balaban J connectivity index is 4.12. The Kier molecular flexibility index (Phi) is 12.8. The molecule has 0 rings (SSSR count). The summed E-state index contributed by atoms with van der Waals surface area (Å²) in [5.41, 5.74) is 5.31. The monoisotopic (exact) mass is 333 g/mol.